The van der Waals surface area contributed by atoms with Gasteiger partial charge in [-0.1, -0.05) is 23.2 Å². The summed E-state index contributed by atoms with van der Waals surface area (Å²) in [6, 6.07) is 4.21. The standard InChI is InChI=1S/C10H13Cl2NO3S/c11-8-3-4-10(9(12)7-8)17(15,16)13-5-1-2-6-14/h3-4,7,13-14H,1-2,5-6H2. The van der Waals surface area contributed by atoms with Crippen molar-refractivity contribution in [3.8, 4) is 0 Å². The van der Waals surface area contributed by atoms with Crippen LogP contribution in [0.3, 0.4) is 0 Å². The molecule has 0 saturated heterocycles. The molecule has 0 fully saturated rings. The third kappa shape index (κ3) is 4.44. The zero-order valence-corrected chi connectivity index (χ0v) is 11.3. The van der Waals surface area contributed by atoms with Gasteiger partial charge in [0.05, 0.1) is 5.02 Å². The number of hydrogen-bond acceptors (Lipinski definition) is 3. The highest BCUT2D eigenvalue weighted by molar-refractivity contribution is 7.89. The van der Waals surface area contributed by atoms with Crippen LogP contribution in [0.5, 0.6) is 0 Å². The molecular formula is C10H13Cl2NO3S. The highest BCUT2D eigenvalue weighted by Crippen LogP contribution is 2.24. The van der Waals surface area contributed by atoms with Crippen LogP contribution in [0.2, 0.25) is 10.0 Å². The van der Waals surface area contributed by atoms with Crippen LogP contribution in [0.25, 0.3) is 0 Å². The molecule has 4 nitrogen and oxygen atoms in total. The Balaban J connectivity index is 2.76. The molecule has 0 aliphatic heterocycles. The molecular weight excluding hydrogens is 285 g/mol. The summed E-state index contributed by atoms with van der Waals surface area (Å²) in [6.07, 6.45) is 1.12. The van der Waals surface area contributed by atoms with Crippen LogP contribution in [0.1, 0.15) is 12.8 Å². The van der Waals surface area contributed by atoms with Gasteiger partial charge in [0.25, 0.3) is 0 Å². The number of aliphatic hydroxyl groups excluding tert-OH is 1. The van der Waals surface area contributed by atoms with E-state index < -0.39 is 10.0 Å². The Kier molecular flexibility index (Phi) is 5.69. The van der Waals surface area contributed by atoms with Gasteiger partial charge in [0.15, 0.2) is 0 Å². The Labute approximate surface area is 111 Å². The molecule has 0 aliphatic rings. The van der Waals surface area contributed by atoms with Gasteiger partial charge in [0.2, 0.25) is 10.0 Å². The van der Waals surface area contributed by atoms with Crippen LogP contribution in [-0.2, 0) is 10.0 Å². The van der Waals surface area contributed by atoms with Gasteiger partial charge in [-0.25, -0.2) is 13.1 Å². The normalized spacial score (nSPS) is 11.7. The summed E-state index contributed by atoms with van der Waals surface area (Å²) in [5, 5.41) is 9.05. The highest BCUT2D eigenvalue weighted by Gasteiger charge is 2.17. The molecule has 2 N–H and O–H groups in total. The van der Waals surface area contributed by atoms with E-state index in [1.807, 2.05) is 0 Å². The van der Waals surface area contributed by atoms with Crippen molar-refractivity contribution in [2.24, 2.45) is 0 Å². The number of rotatable bonds is 6. The summed E-state index contributed by atoms with van der Waals surface area (Å²) >= 11 is 11.5. The van der Waals surface area contributed by atoms with E-state index in [1.54, 1.807) is 0 Å². The molecule has 0 unspecified atom stereocenters. The Bertz CT molecular complexity index is 476. The summed E-state index contributed by atoms with van der Waals surface area (Å²) in [5.41, 5.74) is 0. The molecule has 96 valence electrons. The first-order valence-electron chi connectivity index (χ1n) is 5.03. The molecule has 0 aliphatic carbocycles. The van der Waals surface area contributed by atoms with E-state index in [0.29, 0.717) is 17.9 Å². The first kappa shape index (κ1) is 14.7. The summed E-state index contributed by atoms with van der Waals surface area (Å²) in [4.78, 5) is 0.00700. The lowest BCUT2D eigenvalue weighted by Crippen LogP contribution is -2.25. The number of unbranched alkanes of at least 4 members (excludes halogenated alkanes) is 1. The molecule has 0 bridgehead atoms. The minimum Gasteiger partial charge on any atom is -0.396 e. The maximum absolute atomic E-state index is 11.8. The van der Waals surface area contributed by atoms with E-state index in [9.17, 15) is 8.42 Å². The smallest absolute Gasteiger partial charge is 0.242 e. The molecule has 0 amide bonds. The van der Waals surface area contributed by atoms with Crippen molar-refractivity contribution in [1.29, 1.82) is 0 Å². The average Bonchev–Trinajstić information content (AvgIpc) is 2.24. The first-order chi connectivity index (χ1) is 7.97. The third-order valence-electron chi connectivity index (χ3n) is 2.06. The fourth-order valence-corrected chi connectivity index (χ4v) is 3.06. The maximum atomic E-state index is 11.8. The van der Waals surface area contributed by atoms with Gasteiger partial charge in [-0.05, 0) is 31.0 Å². The molecule has 0 saturated carbocycles. The van der Waals surface area contributed by atoms with Gasteiger partial charge in [0, 0.05) is 18.2 Å². The number of aliphatic hydroxyl groups is 1. The number of halogens is 2. The lowest BCUT2D eigenvalue weighted by molar-refractivity contribution is 0.285. The monoisotopic (exact) mass is 297 g/mol. The summed E-state index contributed by atoms with van der Waals surface area (Å²) in [5.74, 6) is 0. The Morgan fingerprint density at radius 1 is 1.24 bits per heavy atom. The number of hydrogen-bond donors (Lipinski definition) is 2. The molecule has 1 aromatic carbocycles. The largest absolute Gasteiger partial charge is 0.396 e. The molecule has 17 heavy (non-hydrogen) atoms. The van der Waals surface area contributed by atoms with Crippen molar-refractivity contribution in [2.45, 2.75) is 17.7 Å². The van der Waals surface area contributed by atoms with Gasteiger partial charge >= 0.3 is 0 Å². The second-order valence-corrected chi connectivity index (χ2v) is 5.98. The van der Waals surface area contributed by atoms with Gasteiger partial charge in [-0.15, -0.1) is 0 Å². The van der Waals surface area contributed by atoms with E-state index in [4.69, 9.17) is 28.3 Å². The van der Waals surface area contributed by atoms with Crippen molar-refractivity contribution >= 4 is 33.2 Å². The second kappa shape index (κ2) is 6.56. The molecule has 1 aromatic rings. The molecule has 0 aromatic heterocycles. The molecule has 7 heteroatoms. The van der Waals surface area contributed by atoms with Crippen molar-refractivity contribution in [3.05, 3.63) is 28.2 Å². The van der Waals surface area contributed by atoms with E-state index in [2.05, 4.69) is 4.72 Å². The van der Waals surface area contributed by atoms with Gasteiger partial charge < -0.3 is 5.11 Å². The number of sulfonamides is 1. The zero-order valence-electron chi connectivity index (χ0n) is 8.99. The van der Waals surface area contributed by atoms with Crippen molar-refractivity contribution in [2.75, 3.05) is 13.2 Å². The van der Waals surface area contributed by atoms with Crippen LogP contribution in [0.4, 0.5) is 0 Å². The maximum Gasteiger partial charge on any atom is 0.242 e. The van der Waals surface area contributed by atoms with Gasteiger partial charge in [0.1, 0.15) is 4.90 Å². The SMILES string of the molecule is O=S(=O)(NCCCCO)c1ccc(Cl)cc1Cl. The van der Waals surface area contributed by atoms with E-state index >= 15 is 0 Å². The molecule has 0 spiro atoms. The lowest BCUT2D eigenvalue weighted by Gasteiger charge is -2.08. The number of nitrogens with one attached hydrogen (secondary N) is 1. The van der Waals surface area contributed by atoms with Crippen molar-refractivity contribution in [3.63, 3.8) is 0 Å². The van der Waals surface area contributed by atoms with E-state index in [0.717, 1.165) is 0 Å². The quantitative estimate of drug-likeness (QED) is 0.790. The summed E-state index contributed by atoms with van der Waals surface area (Å²) in [7, 11) is -3.61. The van der Waals surface area contributed by atoms with E-state index in [1.165, 1.54) is 18.2 Å². The van der Waals surface area contributed by atoms with Crippen molar-refractivity contribution in [1.82, 2.24) is 4.72 Å². The minimum absolute atomic E-state index is 0.00700. The van der Waals surface area contributed by atoms with Crippen LogP contribution in [0, 0.1) is 0 Å². The topological polar surface area (TPSA) is 66.4 Å². The predicted molar refractivity (Wildman–Crippen MR) is 68.0 cm³/mol. The van der Waals surface area contributed by atoms with Crippen LogP contribution >= 0.6 is 23.2 Å². The van der Waals surface area contributed by atoms with Gasteiger partial charge in [-0.2, -0.15) is 0 Å². The van der Waals surface area contributed by atoms with Crippen LogP contribution in [-0.4, -0.2) is 26.7 Å². The van der Waals surface area contributed by atoms with Crippen LogP contribution in [0.15, 0.2) is 23.1 Å². The highest BCUT2D eigenvalue weighted by atomic mass is 35.5. The molecule has 0 radical (unpaired) electrons. The Hall–Kier alpha value is -0.330. The lowest BCUT2D eigenvalue weighted by atomic mass is 10.3. The summed E-state index contributed by atoms with van der Waals surface area (Å²) < 4.78 is 26.1. The third-order valence-corrected chi connectivity index (χ3v) is 4.24. The number of benzene rings is 1. The molecule has 0 atom stereocenters. The Morgan fingerprint density at radius 2 is 1.94 bits per heavy atom. The fraction of sp³-hybridized carbons (Fsp3) is 0.400. The zero-order chi connectivity index (χ0) is 12.9. The van der Waals surface area contributed by atoms with E-state index in [-0.39, 0.29) is 23.1 Å². The molecule has 1 rings (SSSR count). The van der Waals surface area contributed by atoms with Gasteiger partial charge in [-0.3, -0.25) is 0 Å². The Morgan fingerprint density at radius 3 is 2.53 bits per heavy atom. The summed E-state index contributed by atoms with van der Waals surface area (Å²) in [6.45, 7) is 0.311. The first-order valence-corrected chi connectivity index (χ1v) is 7.27. The average molecular weight is 298 g/mol. The fourth-order valence-electron chi connectivity index (χ4n) is 1.21. The predicted octanol–water partition coefficient (Wildman–Crippen LogP) is 2.04. The molecule has 0 heterocycles. The van der Waals surface area contributed by atoms with Crippen LogP contribution < -0.4 is 4.72 Å². The second-order valence-electron chi connectivity index (χ2n) is 3.40. The van der Waals surface area contributed by atoms with Crippen molar-refractivity contribution < 1.29 is 13.5 Å². The minimum atomic E-state index is -3.61.